The quantitative estimate of drug-likeness (QED) is 0.464. The van der Waals surface area contributed by atoms with Crippen molar-refractivity contribution in [2.24, 2.45) is 0 Å². The molecule has 0 saturated heterocycles. The second kappa shape index (κ2) is 7.15. The van der Waals surface area contributed by atoms with Gasteiger partial charge in [-0.05, 0) is 17.7 Å². The number of rotatable bonds is 3. The Balaban J connectivity index is 2.13. The smallest absolute Gasteiger partial charge is 0.201 e. The molecule has 0 aliphatic heterocycles. The Hall–Kier alpha value is -3.90. The second-order valence-electron chi connectivity index (χ2n) is 6.05. The van der Waals surface area contributed by atoms with Gasteiger partial charge >= 0.3 is 0 Å². The van der Waals surface area contributed by atoms with E-state index in [0.717, 1.165) is 11.1 Å². The van der Waals surface area contributed by atoms with E-state index in [4.69, 9.17) is 4.42 Å². The molecule has 0 N–H and O–H groups in total. The van der Waals surface area contributed by atoms with Crippen molar-refractivity contribution in [3.8, 4) is 17.4 Å². The minimum absolute atomic E-state index is 0.152. The van der Waals surface area contributed by atoms with Crippen LogP contribution in [0.25, 0.3) is 27.9 Å². The van der Waals surface area contributed by atoms with Gasteiger partial charge in [0.2, 0.25) is 5.43 Å². The first-order valence-electron chi connectivity index (χ1n) is 8.56. The van der Waals surface area contributed by atoms with E-state index in [1.54, 1.807) is 18.2 Å². The Labute approximate surface area is 156 Å². The van der Waals surface area contributed by atoms with Gasteiger partial charge in [-0.1, -0.05) is 72.8 Å². The van der Waals surface area contributed by atoms with Crippen molar-refractivity contribution in [3.05, 3.63) is 112 Å². The molecule has 3 aromatic carbocycles. The van der Waals surface area contributed by atoms with Crippen LogP contribution < -0.4 is 5.43 Å². The van der Waals surface area contributed by atoms with Crippen LogP contribution in [0.1, 0.15) is 11.1 Å². The second-order valence-corrected chi connectivity index (χ2v) is 6.05. The Kier molecular flexibility index (Phi) is 4.38. The maximum atomic E-state index is 13.4. The summed E-state index contributed by atoms with van der Waals surface area (Å²) >= 11 is 0. The van der Waals surface area contributed by atoms with Crippen LogP contribution in [-0.4, -0.2) is 0 Å². The lowest BCUT2D eigenvalue weighted by Gasteiger charge is -2.13. The van der Waals surface area contributed by atoms with Crippen LogP contribution in [0.15, 0.2) is 100 Å². The van der Waals surface area contributed by atoms with Crippen LogP contribution in [0, 0.1) is 11.3 Å². The summed E-state index contributed by atoms with van der Waals surface area (Å²) in [5.41, 5.74) is 2.90. The number of fused-ring (bicyclic) bond motifs is 1. The van der Waals surface area contributed by atoms with E-state index >= 15 is 0 Å². The first kappa shape index (κ1) is 16.6. The third-order valence-electron chi connectivity index (χ3n) is 4.40. The average molecular weight is 349 g/mol. The van der Waals surface area contributed by atoms with Gasteiger partial charge in [-0.2, -0.15) is 5.26 Å². The molecule has 4 rings (SSSR count). The molecule has 0 saturated carbocycles. The third kappa shape index (κ3) is 3.05. The van der Waals surface area contributed by atoms with Gasteiger partial charge in [-0.15, -0.1) is 0 Å². The molecule has 0 amide bonds. The van der Waals surface area contributed by atoms with Gasteiger partial charge in [-0.3, -0.25) is 4.79 Å². The highest BCUT2D eigenvalue weighted by molar-refractivity contribution is 5.92. The highest BCUT2D eigenvalue weighted by Crippen LogP contribution is 2.33. The molecular weight excluding hydrogens is 334 g/mol. The topological polar surface area (TPSA) is 54.0 Å². The third-order valence-corrected chi connectivity index (χ3v) is 4.40. The molecule has 128 valence electrons. The Morgan fingerprint density at radius 2 is 1.48 bits per heavy atom. The zero-order valence-corrected chi connectivity index (χ0v) is 14.4. The van der Waals surface area contributed by atoms with Crippen molar-refractivity contribution in [1.82, 2.24) is 0 Å². The van der Waals surface area contributed by atoms with Crippen molar-refractivity contribution in [2.75, 3.05) is 0 Å². The van der Waals surface area contributed by atoms with E-state index in [9.17, 15) is 10.1 Å². The van der Waals surface area contributed by atoms with E-state index in [0.29, 0.717) is 27.9 Å². The summed E-state index contributed by atoms with van der Waals surface area (Å²) in [6.07, 6.45) is 1.41. The molecule has 0 aliphatic carbocycles. The largest absolute Gasteiger partial charge is 0.455 e. The summed E-state index contributed by atoms with van der Waals surface area (Å²) in [6, 6.07) is 28.1. The van der Waals surface area contributed by atoms with E-state index in [1.165, 1.54) is 6.08 Å². The molecule has 3 nitrogen and oxygen atoms in total. The number of para-hydroxylation sites is 1. The fraction of sp³-hybridized carbons (Fsp3) is 0. The maximum absolute atomic E-state index is 13.4. The zero-order chi connectivity index (χ0) is 18.6. The summed E-state index contributed by atoms with van der Waals surface area (Å²) < 4.78 is 6.16. The van der Waals surface area contributed by atoms with Gasteiger partial charge in [0.25, 0.3) is 0 Å². The van der Waals surface area contributed by atoms with Gasteiger partial charge in [-0.25, -0.2) is 0 Å². The predicted molar refractivity (Wildman–Crippen MR) is 107 cm³/mol. The first-order chi connectivity index (χ1) is 13.3. The lowest BCUT2D eigenvalue weighted by Crippen LogP contribution is -2.11. The molecule has 1 heterocycles. The van der Waals surface area contributed by atoms with Crippen LogP contribution in [0.3, 0.4) is 0 Å². The lowest BCUT2D eigenvalue weighted by atomic mass is 9.93. The van der Waals surface area contributed by atoms with Gasteiger partial charge < -0.3 is 4.42 Å². The summed E-state index contributed by atoms with van der Waals surface area (Å²) in [7, 11) is 0. The highest BCUT2D eigenvalue weighted by Gasteiger charge is 2.20. The summed E-state index contributed by atoms with van der Waals surface area (Å²) in [4.78, 5) is 13.4. The Bertz CT molecular complexity index is 1230. The maximum Gasteiger partial charge on any atom is 0.201 e. The van der Waals surface area contributed by atoms with Crippen LogP contribution >= 0.6 is 0 Å². The van der Waals surface area contributed by atoms with Crippen molar-refractivity contribution >= 4 is 16.5 Å². The van der Waals surface area contributed by atoms with Gasteiger partial charge in [0.1, 0.15) is 11.3 Å². The number of hydrogen-bond acceptors (Lipinski definition) is 3. The molecule has 1 aromatic heterocycles. The number of benzene rings is 3. The van der Waals surface area contributed by atoms with Gasteiger partial charge in [0.05, 0.1) is 17.0 Å². The molecular formula is C24H15NO2. The molecule has 4 aromatic rings. The standard InChI is InChI=1S/C24H15NO2/c25-16-15-19(17-9-3-1-4-10-17)22-23(26)20-13-7-8-14-21(20)27-24(22)18-11-5-2-6-12-18/h1-15H/b19-15-. The summed E-state index contributed by atoms with van der Waals surface area (Å²) in [5.74, 6) is 0.463. The van der Waals surface area contributed by atoms with Crippen molar-refractivity contribution in [1.29, 1.82) is 5.26 Å². The zero-order valence-electron chi connectivity index (χ0n) is 14.4. The van der Waals surface area contributed by atoms with Crippen molar-refractivity contribution in [2.45, 2.75) is 0 Å². The van der Waals surface area contributed by atoms with E-state index < -0.39 is 0 Å². The van der Waals surface area contributed by atoms with E-state index in [1.807, 2.05) is 66.7 Å². The monoisotopic (exact) mass is 349 g/mol. The molecule has 0 bridgehead atoms. The molecule has 0 fully saturated rings. The number of allylic oxidation sites excluding steroid dienone is 1. The average Bonchev–Trinajstić information content (AvgIpc) is 2.74. The molecule has 0 unspecified atom stereocenters. The molecule has 0 radical (unpaired) electrons. The van der Waals surface area contributed by atoms with Crippen molar-refractivity contribution in [3.63, 3.8) is 0 Å². The minimum atomic E-state index is -0.152. The highest BCUT2D eigenvalue weighted by atomic mass is 16.3. The molecule has 3 heteroatoms. The van der Waals surface area contributed by atoms with Gasteiger partial charge in [0.15, 0.2) is 0 Å². The van der Waals surface area contributed by atoms with Crippen LogP contribution in [0.5, 0.6) is 0 Å². The SMILES string of the molecule is N#C/C=C(/c1ccccc1)c1c(-c2ccccc2)oc2ccccc2c1=O. The normalized spacial score (nSPS) is 11.3. The van der Waals surface area contributed by atoms with Gasteiger partial charge in [0, 0.05) is 17.2 Å². The van der Waals surface area contributed by atoms with Crippen LogP contribution in [-0.2, 0) is 0 Å². The molecule has 27 heavy (non-hydrogen) atoms. The predicted octanol–water partition coefficient (Wildman–Crippen LogP) is 5.42. The van der Waals surface area contributed by atoms with Crippen LogP contribution in [0.4, 0.5) is 0 Å². The Morgan fingerprint density at radius 3 is 2.19 bits per heavy atom. The van der Waals surface area contributed by atoms with E-state index in [2.05, 4.69) is 6.07 Å². The lowest BCUT2D eigenvalue weighted by molar-refractivity contribution is 0.617. The summed E-state index contributed by atoms with van der Waals surface area (Å²) in [6.45, 7) is 0. The number of nitriles is 1. The fourth-order valence-electron chi connectivity index (χ4n) is 3.16. The molecule has 0 aliphatic rings. The number of nitrogens with zero attached hydrogens (tertiary/aromatic N) is 1. The molecule has 0 spiro atoms. The first-order valence-corrected chi connectivity index (χ1v) is 8.56. The minimum Gasteiger partial charge on any atom is -0.455 e. The van der Waals surface area contributed by atoms with Crippen molar-refractivity contribution < 1.29 is 4.42 Å². The Morgan fingerprint density at radius 1 is 0.852 bits per heavy atom. The van der Waals surface area contributed by atoms with E-state index in [-0.39, 0.29) is 5.43 Å². The molecule has 0 atom stereocenters. The summed E-state index contributed by atoms with van der Waals surface area (Å²) in [5, 5.41) is 9.86. The van der Waals surface area contributed by atoms with Crippen LogP contribution in [0.2, 0.25) is 0 Å². The number of hydrogen-bond donors (Lipinski definition) is 0. The fourth-order valence-corrected chi connectivity index (χ4v) is 3.16.